The van der Waals surface area contributed by atoms with Gasteiger partial charge in [-0.05, 0) is 19.4 Å². The van der Waals surface area contributed by atoms with Gasteiger partial charge in [-0.1, -0.05) is 20.8 Å². The van der Waals surface area contributed by atoms with E-state index in [1.165, 1.54) is 4.88 Å². The summed E-state index contributed by atoms with van der Waals surface area (Å²) >= 11 is 1.77. The Morgan fingerprint density at radius 3 is 2.38 bits per heavy atom. The molecule has 1 unspecified atom stereocenters. The third-order valence-corrected chi connectivity index (χ3v) is 3.06. The molecule has 0 radical (unpaired) electrons. The molecule has 0 aliphatic carbocycles. The summed E-state index contributed by atoms with van der Waals surface area (Å²) < 4.78 is 0. The molecule has 1 rings (SSSR count). The van der Waals surface area contributed by atoms with Crippen molar-refractivity contribution in [1.29, 1.82) is 0 Å². The van der Waals surface area contributed by atoms with E-state index in [4.69, 9.17) is 0 Å². The average molecular weight is 198 g/mol. The van der Waals surface area contributed by atoms with Gasteiger partial charge < -0.3 is 5.32 Å². The van der Waals surface area contributed by atoms with Crippen molar-refractivity contribution in [2.45, 2.75) is 33.7 Å². The third kappa shape index (κ3) is 2.51. The SMILES string of the molecule is CNC(c1cnc(C)s1)C(C)(C)C. The second-order valence-electron chi connectivity index (χ2n) is 4.37. The lowest BCUT2D eigenvalue weighted by Gasteiger charge is -2.29. The van der Waals surface area contributed by atoms with Crippen LogP contribution in [0.25, 0.3) is 0 Å². The molecule has 0 aliphatic rings. The normalized spacial score (nSPS) is 14.5. The average Bonchev–Trinajstić information content (AvgIpc) is 2.34. The molecule has 1 atom stereocenters. The fourth-order valence-corrected chi connectivity index (χ4v) is 2.65. The Bertz CT molecular complexity index is 273. The van der Waals surface area contributed by atoms with Crippen molar-refractivity contribution in [2.24, 2.45) is 5.41 Å². The van der Waals surface area contributed by atoms with Crippen LogP contribution in [0.2, 0.25) is 0 Å². The number of rotatable bonds is 2. The first-order chi connectivity index (χ1) is 5.95. The first-order valence-electron chi connectivity index (χ1n) is 4.54. The molecule has 0 bridgehead atoms. The van der Waals surface area contributed by atoms with Crippen molar-refractivity contribution in [2.75, 3.05) is 7.05 Å². The zero-order chi connectivity index (χ0) is 10.1. The Kier molecular flexibility index (Phi) is 3.09. The number of aromatic nitrogens is 1. The fourth-order valence-electron chi connectivity index (χ4n) is 1.51. The van der Waals surface area contributed by atoms with Gasteiger partial charge in [0.25, 0.3) is 0 Å². The maximum atomic E-state index is 4.28. The zero-order valence-electron chi connectivity index (χ0n) is 9.01. The van der Waals surface area contributed by atoms with Crippen molar-refractivity contribution in [1.82, 2.24) is 10.3 Å². The summed E-state index contributed by atoms with van der Waals surface area (Å²) in [5.41, 5.74) is 0.244. The predicted octanol–water partition coefficient (Wildman–Crippen LogP) is 2.76. The highest BCUT2D eigenvalue weighted by atomic mass is 32.1. The summed E-state index contributed by atoms with van der Waals surface area (Å²) in [7, 11) is 2.00. The molecule has 0 saturated carbocycles. The molecule has 0 amide bonds. The van der Waals surface area contributed by atoms with Crippen LogP contribution in [0.15, 0.2) is 6.20 Å². The van der Waals surface area contributed by atoms with Crippen LogP contribution in [-0.2, 0) is 0 Å². The highest BCUT2D eigenvalue weighted by Gasteiger charge is 2.25. The van der Waals surface area contributed by atoms with E-state index in [-0.39, 0.29) is 5.41 Å². The van der Waals surface area contributed by atoms with Gasteiger partial charge in [-0.25, -0.2) is 4.98 Å². The first-order valence-corrected chi connectivity index (χ1v) is 5.36. The van der Waals surface area contributed by atoms with Crippen LogP contribution in [0.4, 0.5) is 0 Å². The second kappa shape index (κ2) is 3.76. The van der Waals surface area contributed by atoms with E-state index in [0.29, 0.717) is 6.04 Å². The van der Waals surface area contributed by atoms with Crippen LogP contribution in [0.5, 0.6) is 0 Å². The number of hydrogen-bond donors (Lipinski definition) is 1. The van der Waals surface area contributed by atoms with E-state index in [2.05, 4.69) is 31.1 Å². The molecule has 0 spiro atoms. The largest absolute Gasteiger partial charge is 0.312 e. The van der Waals surface area contributed by atoms with Crippen LogP contribution in [0, 0.1) is 12.3 Å². The van der Waals surface area contributed by atoms with E-state index in [0.717, 1.165) is 5.01 Å². The molecule has 0 fully saturated rings. The molecule has 0 aliphatic heterocycles. The van der Waals surface area contributed by atoms with Gasteiger partial charge in [0.1, 0.15) is 0 Å². The summed E-state index contributed by atoms with van der Waals surface area (Å²) in [5.74, 6) is 0. The molecule has 0 saturated heterocycles. The summed E-state index contributed by atoms with van der Waals surface area (Å²) in [6.45, 7) is 8.76. The molecule has 1 heterocycles. The minimum absolute atomic E-state index is 0.244. The molecule has 1 aromatic rings. The molecule has 13 heavy (non-hydrogen) atoms. The lowest BCUT2D eigenvalue weighted by Crippen LogP contribution is -2.28. The molecule has 3 heteroatoms. The van der Waals surface area contributed by atoms with Gasteiger partial charge in [0.05, 0.1) is 5.01 Å². The standard InChI is InChI=1S/C10H18N2S/c1-7-12-6-8(13-7)9(11-5)10(2,3)4/h6,9,11H,1-5H3. The number of hydrogen-bond acceptors (Lipinski definition) is 3. The van der Waals surface area contributed by atoms with Crippen LogP contribution >= 0.6 is 11.3 Å². The molecule has 0 aromatic carbocycles. The lowest BCUT2D eigenvalue weighted by atomic mass is 9.86. The number of nitrogens with one attached hydrogen (secondary N) is 1. The quantitative estimate of drug-likeness (QED) is 0.790. The molecular formula is C10H18N2S. The Labute approximate surface area is 84.4 Å². The van der Waals surface area contributed by atoms with Gasteiger partial charge in [-0.3, -0.25) is 0 Å². The minimum Gasteiger partial charge on any atom is -0.312 e. The van der Waals surface area contributed by atoms with Gasteiger partial charge in [0, 0.05) is 17.1 Å². The van der Waals surface area contributed by atoms with E-state index in [1.807, 2.05) is 20.2 Å². The molecule has 2 nitrogen and oxygen atoms in total. The summed E-state index contributed by atoms with van der Waals surface area (Å²) in [6.07, 6.45) is 1.98. The summed E-state index contributed by atoms with van der Waals surface area (Å²) in [4.78, 5) is 5.60. The first kappa shape index (κ1) is 10.7. The van der Waals surface area contributed by atoms with Crippen molar-refractivity contribution >= 4 is 11.3 Å². The second-order valence-corrected chi connectivity index (χ2v) is 5.64. The Morgan fingerprint density at radius 2 is 2.08 bits per heavy atom. The maximum absolute atomic E-state index is 4.28. The lowest BCUT2D eigenvalue weighted by molar-refractivity contribution is 0.291. The Hall–Kier alpha value is -0.410. The molecular weight excluding hydrogens is 180 g/mol. The number of thiazole rings is 1. The van der Waals surface area contributed by atoms with Crippen molar-refractivity contribution < 1.29 is 0 Å². The Morgan fingerprint density at radius 1 is 1.46 bits per heavy atom. The van der Waals surface area contributed by atoms with Gasteiger partial charge in [0.15, 0.2) is 0 Å². The maximum Gasteiger partial charge on any atom is 0.0897 e. The van der Waals surface area contributed by atoms with Crippen LogP contribution in [0.3, 0.4) is 0 Å². The Balaban J connectivity index is 2.91. The van der Waals surface area contributed by atoms with Crippen molar-refractivity contribution in [3.05, 3.63) is 16.1 Å². The van der Waals surface area contributed by atoms with Crippen LogP contribution in [0.1, 0.15) is 36.7 Å². The smallest absolute Gasteiger partial charge is 0.0897 e. The summed E-state index contributed by atoms with van der Waals surface area (Å²) in [6, 6.07) is 0.402. The van der Waals surface area contributed by atoms with E-state index in [9.17, 15) is 0 Å². The topological polar surface area (TPSA) is 24.9 Å². The van der Waals surface area contributed by atoms with Gasteiger partial charge >= 0.3 is 0 Å². The third-order valence-electron chi connectivity index (χ3n) is 2.08. The highest BCUT2D eigenvalue weighted by molar-refractivity contribution is 7.11. The van der Waals surface area contributed by atoms with Crippen molar-refractivity contribution in [3.8, 4) is 0 Å². The molecule has 1 aromatic heterocycles. The van der Waals surface area contributed by atoms with Gasteiger partial charge in [-0.15, -0.1) is 11.3 Å². The van der Waals surface area contributed by atoms with Crippen molar-refractivity contribution in [3.63, 3.8) is 0 Å². The van der Waals surface area contributed by atoms with E-state index in [1.54, 1.807) is 11.3 Å². The zero-order valence-corrected chi connectivity index (χ0v) is 9.83. The monoisotopic (exact) mass is 198 g/mol. The van der Waals surface area contributed by atoms with Gasteiger partial charge in [-0.2, -0.15) is 0 Å². The molecule has 74 valence electrons. The van der Waals surface area contributed by atoms with E-state index < -0.39 is 0 Å². The highest BCUT2D eigenvalue weighted by Crippen LogP contribution is 2.34. The predicted molar refractivity (Wildman–Crippen MR) is 58.1 cm³/mol. The molecule has 1 N–H and O–H groups in total. The number of nitrogens with zero attached hydrogens (tertiary/aromatic N) is 1. The number of aryl methyl sites for hydroxylation is 1. The van der Waals surface area contributed by atoms with Crippen LogP contribution in [-0.4, -0.2) is 12.0 Å². The van der Waals surface area contributed by atoms with Crippen LogP contribution < -0.4 is 5.32 Å². The fraction of sp³-hybridized carbons (Fsp3) is 0.700. The minimum atomic E-state index is 0.244. The summed E-state index contributed by atoms with van der Waals surface area (Å²) in [5, 5.41) is 4.48. The van der Waals surface area contributed by atoms with E-state index >= 15 is 0 Å². The van der Waals surface area contributed by atoms with Gasteiger partial charge in [0.2, 0.25) is 0 Å².